The fourth-order valence-electron chi connectivity index (χ4n) is 0.618. The van der Waals surface area contributed by atoms with Crippen LogP contribution < -0.4 is 0 Å². The molecule has 14 heavy (non-hydrogen) atoms. The second-order valence-corrected chi connectivity index (χ2v) is 2.36. The van der Waals surface area contributed by atoms with E-state index in [0.29, 0.717) is 0 Å². The summed E-state index contributed by atoms with van der Waals surface area (Å²) in [6.45, 7) is -0.760. The molecular weight excluding hydrogens is 223 g/mol. The summed E-state index contributed by atoms with van der Waals surface area (Å²) in [5.74, 6) is 0. The Balaban J connectivity index is -0.000000101. The molecule has 6 nitrogen and oxygen atoms in total. The maximum Gasteiger partial charge on any atom is 2.00 e. The molecule has 0 rings (SSSR count). The Bertz CT molecular complexity index is 157. The molecule has 0 aromatic rings. The summed E-state index contributed by atoms with van der Waals surface area (Å²) in [6.07, 6.45) is -6.84. The first-order valence-electron chi connectivity index (χ1n) is 3.33. The summed E-state index contributed by atoms with van der Waals surface area (Å²) in [7, 11) is 0. The number of aliphatic hydroxyl groups is 5. The summed E-state index contributed by atoms with van der Waals surface area (Å²) in [5, 5.41) is 43.5. The van der Waals surface area contributed by atoms with E-state index >= 15 is 0 Å². The van der Waals surface area contributed by atoms with Gasteiger partial charge < -0.3 is 33.2 Å². The van der Waals surface area contributed by atoms with Crippen molar-refractivity contribution in [2.75, 3.05) is 6.61 Å². The molecule has 0 fully saturated rings. The quantitative estimate of drug-likeness (QED) is 0.194. The predicted octanol–water partition coefficient (Wildman–Crippen LogP) is -3.48. The Labute approximate surface area is 104 Å². The SMILES string of the molecule is O=CC(O)C(O)C(O)C(O)CO.P.[H-].[H-].[Mg+2]. The summed E-state index contributed by atoms with van der Waals surface area (Å²) in [5.41, 5.74) is 0. The van der Waals surface area contributed by atoms with Crippen molar-refractivity contribution in [1.29, 1.82) is 0 Å². The Hall–Kier alpha value is 0.666. The number of aldehydes is 1. The molecule has 0 aliphatic rings. The number of carbonyl (C=O) groups excluding carboxylic acids is 1. The molecule has 0 aliphatic heterocycles. The zero-order valence-corrected chi connectivity index (χ0v) is 10.5. The first-order valence-corrected chi connectivity index (χ1v) is 3.33. The molecule has 5 unspecified atom stereocenters. The number of hydrogen-bond donors (Lipinski definition) is 5. The second-order valence-electron chi connectivity index (χ2n) is 2.36. The third kappa shape index (κ3) is 6.21. The van der Waals surface area contributed by atoms with Crippen molar-refractivity contribution < 1.29 is 33.2 Å². The molecule has 0 aromatic carbocycles. The van der Waals surface area contributed by atoms with Gasteiger partial charge in [0.1, 0.15) is 24.4 Å². The van der Waals surface area contributed by atoms with Crippen molar-refractivity contribution in [2.45, 2.75) is 24.4 Å². The van der Waals surface area contributed by atoms with Crippen LogP contribution >= 0.6 is 9.90 Å². The van der Waals surface area contributed by atoms with Gasteiger partial charge in [-0.05, 0) is 0 Å². The average molecular weight is 240 g/mol. The van der Waals surface area contributed by atoms with Gasteiger partial charge in [-0.15, -0.1) is 0 Å². The molecule has 5 atom stereocenters. The van der Waals surface area contributed by atoms with Gasteiger partial charge in [0.05, 0.1) is 6.61 Å². The first kappa shape index (κ1) is 20.1. The van der Waals surface area contributed by atoms with Crippen molar-refractivity contribution >= 4 is 39.2 Å². The van der Waals surface area contributed by atoms with Crippen LogP contribution in [0.5, 0.6) is 0 Å². The molecule has 0 spiro atoms. The topological polar surface area (TPSA) is 118 Å². The van der Waals surface area contributed by atoms with Gasteiger partial charge in [0.25, 0.3) is 0 Å². The van der Waals surface area contributed by atoms with Crippen LogP contribution in [0.4, 0.5) is 0 Å². The monoisotopic (exact) mass is 240 g/mol. The minimum atomic E-state index is -1.79. The van der Waals surface area contributed by atoms with Gasteiger partial charge in [0.2, 0.25) is 0 Å². The van der Waals surface area contributed by atoms with E-state index in [4.69, 9.17) is 25.5 Å². The fraction of sp³-hybridized carbons (Fsp3) is 0.833. The van der Waals surface area contributed by atoms with Gasteiger partial charge in [-0.25, -0.2) is 0 Å². The van der Waals surface area contributed by atoms with Crippen LogP contribution in [0.2, 0.25) is 0 Å². The summed E-state index contributed by atoms with van der Waals surface area (Å²) >= 11 is 0. The molecule has 0 radical (unpaired) electrons. The van der Waals surface area contributed by atoms with E-state index in [1.165, 1.54) is 0 Å². The molecule has 0 saturated carbocycles. The standard InChI is InChI=1S/C6H12O6.Mg.H3P.2H/c7-1-3(9)5(11)6(12)4(10)2-8;;;;/h1,3-6,8-12H,2H2;;1H3;;/q;+2;;2*-1. The van der Waals surface area contributed by atoms with E-state index in [2.05, 4.69) is 0 Å². The largest absolute Gasteiger partial charge is 2.00 e. The summed E-state index contributed by atoms with van der Waals surface area (Å²) in [6, 6.07) is 0. The van der Waals surface area contributed by atoms with Crippen LogP contribution in [0.25, 0.3) is 0 Å². The molecule has 0 heterocycles. The van der Waals surface area contributed by atoms with E-state index in [1.807, 2.05) is 0 Å². The van der Waals surface area contributed by atoms with Crippen molar-refractivity contribution in [3.05, 3.63) is 0 Å². The molecular formula is C6H17MgO6P. The van der Waals surface area contributed by atoms with Gasteiger partial charge in [0.15, 0.2) is 6.29 Å². The Morgan fingerprint density at radius 3 is 1.86 bits per heavy atom. The van der Waals surface area contributed by atoms with E-state index in [0.717, 1.165) is 0 Å². The minimum Gasteiger partial charge on any atom is -1.00 e. The van der Waals surface area contributed by atoms with Gasteiger partial charge in [0, 0.05) is 0 Å². The minimum absolute atomic E-state index is 0. The van der Waals surface area contributed by atoms with Crippen molar-refractivity contribution in [1.82, 2.24) is 0 Å². The predicted molar refractivity (Wildman–Crippen MR) is 56.3 cm³/mol. The van der Waals surface area contributed by atoms with Crippen molar-refractivity contribution in [3.63, 3.8) is 0 Å². The molecule has 0 amide bonds. The number of carbonyl (C=O) groups is 1. The maximum absolute atomic E-state index is 9.90. The number of aliphatic hydroxyl groups excluding tert-OH is 5. The van der Waals surface area contributed by atoms with Crippen LogP contribution in [0.15, 0.2) is 0 Å². The Morgan fingerprint density at radius 1 is 1.14 bits per heavy atom. The van der Waals surface area contributed by atoms with Gasteiger partial charge in [-0.1, -0.05) is 0 Å². The van der Waals surface area contributed by atoms with Gasteiger partial charge >= 0.3 is 23.1 Å². The Kier molecular flexibility index (Phi) is 14.7. The third-order valence-corrected chi connectivity index (χ3v) is 1.42. The molecule has 84 valence electrons. The van der Waals surface area contributed by atoms with Crippen molar-refractivity contribution in [2.24, 2.45) is 0 Å². The van der Waals surface area contributed by atoms with Gasteiger partial charge in [-0.2, -0.15) is 9.90 Å². The van der Waals surface area contributed by atoms with Crippen LogP contribution in [-0.2, 0) is 4.79 Å². The zero-order chi connectivity index (χ0) is 9.72. The fourth-order valence-corrected chi connectivity index (χ4v) is 0.618. The number of hydrogen-bond acceptors (Lipinski definition) is 6. The van der Waals surface area contributed by atoms with Crippen LogP contribution in [0, 0.1) is 0 Å². The second kappa shape index (κ2) is 10.2. The molecule has 0 bridgehead atoms. The maximum atomic E-state index is 9.90. The Morgan fingerprint density at radius 2 is 1.57 bits per heavy atom. The molecule has 8 heteroatoms. The number of rotatable bonds is 5. The van der Waals surface area contributed by atoms with Crippen molar-refractivity contribution in [3.8, 4) is 0 Å². The van der Waals surface area contributed by atoms with Crippen LogP contribution in [0.1, 0.15) is 2.85 Å². The molecule has 0 aromatic heterocycles. The average Bonchev–Trinajstić information content (AvgIpc) is 2.12. The summed E-state index contributed by atoms with van der Waals surface area (Å²) in [4.78, 5) is 9.90. The van der Waals surface area contributed by atoms with E-state index in [-0.39, 0.29) is 42.1 Å². The van der Waals surface area contributed by atoms with Crippen LogP contribution in [0.3, 0.4) is 0 Å². The van der Waals surface area contributed by atoms with Crippen LogP contribution in [-0.4, -0.2) is 85.9 Å². The normalized spacial score (nSPS) is 18.1. The van der Waals surface area contributed by atoms with E-state index in [9.17, 15) is 4.79 Å². The van der Waals surface area contributed by atoms with Gasteiger partial charge in [-0.3, -0.25) is 0 Å². The third-order valence-electron chi connectivity index (χ3n) is 1.42. The molecule has 5 N–H and O–H groups in total. The molecule has 0 saturated heterocycles. The first-order chi connectivity index (χ1) is 5.54. The zero-order valence-electron chi connectivity index (χ0n) is 9.65. The van der Waals surface area contributed by atoms with E-state index in [1.54, 1.807) is 0 Å². The smallest absolute Gasteiger partial charge is 1.00 e. The molecule has 0 aliphatic carbocycles. The summed E-state index contributed by atoms with van der Waals surface area (Å²) < 4.78 is 0. The van der Waals surface area contributed by atoms with E-state index < -0.39 is 31.0 Å².